The van der Waals surface area contributed by atoms with Crippen LogP contribution in [0.3, 0.4) is 0 Å². The monoisotopic (exact) mass is 585 g/mol. The van der Waals surface area contributed by atoms with Gasteiger partial charge in [0.15, 0.2) is 0 Å². The van der Waals surface area contributed by atoms with Gasteiger partial charge in [-0.3, -0.25) is 9.59 Å². The van der Waals surface area contributed by atoms with Gasteiger partial charge in [-0.2, -0.15) is 0 Å². The van der Waals surface area contributed by atoms with Gasteiger partial charge in [0.2, 0.25) is 0 Å². The Hall–Kier alpha value is -2.36. The fourth-order valence-electron chi connectivity index (χ4n) is 12.7. The zero-order valence-corrected chi connectivity index (χ0v) is 27.8. The van der Waals surface area contributed by atoms with Crippen LogP contribution in [-0.4, -0.2) is 23.5 Å². The summed E-state index contributed by atoms with van der Waals surface area (Å²) in [7, 11) is 0. The van der Waals surface area contributed by atoms with Crippen molar-refractivity contribution < 1.29 is 14.7 Å². The molecule has 9 atom stereocenters. The first kappa shape index (κ1) is 30.7. The molecular formula is C39H55NO3. The Morgan fingerprint density at radius 3 is 2.23 bits per heavy atom. The molecular weight excluding hydrogens is 530 g/mol. The highest BCUT2D eigenvalue weighted by atomic mass is 16.4. The van der Waals surface area contributed by atoms with Crippen molar-refractivity contribution in [3.8, 4) is 0 Å². The predicted octanol–water partition coefficient (Wildman–Crippen LogP) is 9.17. The summed E-state index contributed by atoms with van der Waals surface area (Å²) < 4.78 is 0. The van der Waals surface area contributed by atoms with E-state index in [1.54, 1.807) is 0 Å². The Labute approximate surface area is 260 Å². The molecule has 1 aromatic carbocycles. The number of benzene rings is 1. The van der Waals surface area contributed by atoms with Crippen LogP contribution in [0, 0.1) is 56.7 Å². The summed E-state index contributed by atoms with van der Waals surface area (Å²) in [6, 6.07) is 8.26. The summed E-state index contributed by atoms with van der Waals surface area (Å²) in [5, 5.41) is 13.6. The molecule has 0 aromatic heterocycles. The molecule has 2 N–H and O–H groups in total. The third-order valence-electron chi connectivity index (χ3n) is 14.9. The van der Waals surface area contributed by atoms with E-state index in [0.717, 1.165) is 44.1 Å². The molecule has 0 bridgehead atoms. The van der Waals surface area contributed by atoms with Gasteiger partial charge in [-0.15, -0.1) is 0 Å². The maximum Gasteiger partial charge on any atom is 0.309 e. The molecule has 234 valence electrons. The molecule has 1 aromatic rings. The van der Waals surface area contributed by atoms with Crippen molar-refractivity contribution in [2.24, 2.45) is 56.7 Å². The number of fused-ring (bicyclic) bond motifs is 7. The molecule has 5 aliphatic rings. The second kappa shape index (κ2) is 10.1. The lowest BCUT2D eigenvalue weighted by Gasteiger charge is -2.72. The standard InChI is InChI=1S/C39H55NO3/c1-9-40-33(41)26-12-10-25(11-13-26)28-17-19-36(6)30(35(28,4)5)18-20-38(8)31(36)15-14-29-32-27(24(2)3)16-21-39(32,34(42)43)23-22-37(29,38)7/h10-13,17,27,29-32H,2,9,14-16,18-23H2,1,3-8H3,(H,40,41)(H,42,43)/t27-,29+,30-,31+,32+,36-,37+,38+,39-/m0/s1. The highest BCUT2D eigenvalue weighted by Gasteiger charge is 2.71. The minimum Gasteiger partial charge on any atom is -0.481 e. The predicted molar refractivity (Wildman–Crippen MR) is 174 cm³/mol. The number of aliphatic carboxylic acids is 1. The zero-order chi connectivity index (χ0) is 31.2. The van der Waals surface area contributed by atoms with E-state index in [2.05, 4.69) is 71.6 Å². The minimum absolute atomic E-state index is 0.00958. The van der Waals surface area contributed by atoms with Gasteiger partial charge in [-0.05, 0) is 146 Å². The largest absolute Gasteiger partial charge is 0.481 e. The quantitative estimate of drug-likeness (QED) is 0.339. The second-order valence-corrected chi connectivity index (χ2v) is 16.6. The smallest absolute Gasteiger partial charge is 0.309 e. The van der Waals surface area contributed by atoms with Crippen molar-refractivity contribution in [3.05, 3.63) is 53.6 Å². The van der Waals surface area contributed by atoms with Crippen molar-refractivity contribution in [3.63, 3.8) is 0 Å². The highest BCUT2D eigenvalue weighted by molar-refractivity contribution is 5.94. The van der Waals surface area contributed by atoms with Crippen LogP contribution in [-0.2, 0) is 4.79 Å². The third-order valence-corrected chi connectivity index (χ3v) is 14.9. The molecule has 0 unspecified atom stereocenters. The fourth-order valence-corrected chi connectivity index (χ4v) is 12.7. The molecule has 43 heavy (non-hydrogen) atoms. The number of rotatable bonds is 5. The molecule has 0 aliphatic heterocycles. The van der Waals surface area contributed by atoms with Crippen LogP contribution in [0.4, 0.5) is 0 Å². The molecule has 1 amide bonds. The van der Waals surface area contributed by atoms with Crippen molar-refractivity contribution >= 4 is 17.4 Å². The highest BCUT2D eigenvalue weighted by Crippen LogP contribution is 2.77. The summed E-state index contributed by atoms with van der Waals surface area (Å²) in [4.78, 5) is 25.3. The number of carbonyl (C=O) groups is 2. The Balaban J connectivity index is 1.34. The number of allylic oxidation sites excluding steroid dienone is 3. The number of hydrogen-bond acceptors (Lipinski definition) is 2. The summed E-state index contributed by atoms with van der Waals surface area (Å²) in [6.45, 7) is 21.9. The molecule has 0 heterocycles. The van der Waals surface area contributed by atoms with Crippen LogP contribution in [0.25, 0.3) is 5.57 Å². The van der Waals surface area contributed by atoms with Crippen molar-refractivity contribution in [1.29, 1.82) is 0 Å². The first-order valence-electron chi connectivity index (χ1n) is 17.2. The molecule has 6 rings (SSSR count). The van der Waals surface area contributed by atoms with Gasteiger partial charge in [0.1, 0.15) is 0 Å². The van der Waals surface area contributed by atoms with Crippen LogP contribution >= 0.6 is 0 Å². The molecule has 0 saturated heterocycles. The molecule has 0 radical (unpaired) electrons. The summed E-state index contributed by atoms with van der Waals surface area (Å²) in [6.07, 6.45) is 12.1. The van der Waals surface area contributed by atoms with Crippen LogP contribution in [0.1, 0.15) is 122 Å². The molecule has 4 fully saturated rings. The molecule has 5 aliphatic carbocycles. The molecule has 4 saturated carbocycles. The van der Waals surface area contributed by atoms with E-state index in [4.69, 9.17) is 0 Å². The van der Waals surface area contributed by atoms with E-state index in [-0.39, 0.29) is 33.5 Å². The Morgan fingerprint density at radius 1 is 0.907 bits per heavy atom. The van der Waals surface area contributed by atoms with Gasteiger partial charge in [-0.25, -0.2) is 0 Å². The number of nitrogens with one attached hydrogen (secondary N) is 1. The summed E-state index contributed by atoms with van der Waals surface area (Å²) in [5.41, 5.74) is 4.62. The zero-order valence-electron chi connectivity index (χ0n) is 27.8. The van der Waals surface area contributed by atoms with Gasteiger partial charge >= 0.3 is 5.97 Å². The van der Waals surface area contributed by atoms with Crippen LogP contribution in [0.15, 0.2) is 42.5 Å². The number of amides is 1. The van der Waals surface area contributed by atoms with E-state index < -0.39 is 11.4 Å². The maximum absolute atomic E-state index is 13.0. The van der Waals surface area contributed by atoms with Gasteiger partial charge in [0.05, 0.1) is 5.41 Å². The van der Waals surface area contributed by atoms with Crippen molar-refractivity contribution in [2.45, 2.75) is 106 Å². The van der Waals surface area contributed by atoms with Crippen LogP contribution in [0.5, 0.6) is 0 Å². The summed E-state index contributed by atoms with van der Waals surface area (Å²) in [5.74, 6) is 1.67. The minimum atomic E-state index is -0.560. The van der Waals surface area contributed by atoms with Crippen LogP contribution in [0.2, 0.25) is 0 Å². The van der Waals surface area contributed by atoms with E-state index >= 15 is 0 Å². The summed E-state index contributed by atoms with van der Waals surface area (Å²) >= 11 is 0. The van der Waals surface area contributed by atoms with E-state index in [1.807, 2.05) is 19.1 Å². The number of carboxylic acid groups (broad SMARTS) is 1. The average Bonchev–Trinajstić information content (AvgIpc) is 3.35. The SMILES string of the molecule is C=C(C)[C@@H]1CC[C@]2(C(=O)O)CC[C@]3(C)[C@H](CC[C@@H]4[C@@]5(C)CC=C(c6ccc(C(=O)NCC)cc6)C(C)(C)[C@@H]5CC[C@]43C)[C@@H]12. The Kier molecular flexibility index (Phi) is 7.18. The molecule has 0 spiro atoms. The van der Waals surface area contributed by atoms with Gasteiger partial charge in [0.25, 0.3) is 5.91 Å². The normalized spacial score (nSPS) is 42.9. The molecule has 4 heteroatoms. The van der Waals surface area contributed by atoms with E-state index in [0.29, 0.717) is 30.2 Å². The average molecular weight is 586 g/mol. The Morgan fingerprint density at radius 2 is 1.60 bits per heavy atom. The van der Waals surface area contributed by atoms with Gasteiger partial charge < -0.3 is 10.4 Å². The fraction of sp³-hybridized carbons (Fsp3) is 0.692. The lowest BCUT2D eigenvalue weighted by Crippen LogP contribution is -2.65. The Bertz CT molecular complexity index is 1360. The van der Waals surface area contributed by atoms with Gasteiger partial charge in [-0.1, -0.05) is 65.0 Å². The lowest BCUT2D eigenvalue weighted by atomic mass is 9.32. The lowest BCUT2D eigenvalue weighted by molar-refractivity contribution is -0.227. The van der Waals surface area contributed by atoms with Crippen LogP contribution < -0.4 is 5.32 Å². The maximum atomic E-state index is 13.0. The molecule has 4 nitrogen and oxygen atoms in total. The van der Waals surface area contributed by atoms with Crippen molar-refractivity contribution in [2.75, 3.05) is 6.54 Å². The van der Waals surface area contributed by atoms with E-state index in [9.17, 15) is 14.7 Å². The number of carbonyl (C=O) groups excluding carboxylic acids is 1. The number of hydrogen-bond donors (Lipinski definition) is 2. The number of carboxylic acids is 1. The topological polar surface area (TPSA) is 66.4 Å². The third kappa shape index (κ3) is 4.06. The first-order valence-corrected chi connectivity index (χ1v) is 17.2. The van der Waals surface area contributed by atoms with E-state index in [1.165, 1.54) is 36.0 Å². The first-order chi connectivity index (χ1) is 20.2. The second-order valence-electron chi connectivity index (χ2n) is 16.6. The van der Waals surface area contributed by atoms with Crippen molar-refractivity contribution in [1.82, 2.24) is 5.32 Å². The van der Waals surface area contributed by atoms with Gasteiger partial charge in [0, 0.05) is 12.1 Å².